The van der Waals surface area contributed by atoms with Crippen molar-refractivity contribution < 1.29 is 4.74 Å². The predicted molar refractivity (Wildman–Crippen MR) is 107 cm³/mol. The van der Waals surface area contributed by atoms with E-state index in [1.165, 1.54) is 25.7 Å². The molecule has 1 saturated carbocycles. The quantitative estimate of drug-likeness (QED) is 0.410. The maximum Gasteiger partial charge on any atom is 0.194 e. The van der Waals surface area contributed by atoms with Gasteiger partial charge >= 0.3 is 0 Å². The van der Waals surface area contributed by atoms with E-state index in [1.807, 2.05) is 0 Å². The molecule has 23 heavy (non-hydrogen) atoms. The van der Waals surface area contributed by atoms with Gasteiger partial charge in [-0.05, 0) is 38.5 Å². The molecule has 0 aromatic carbocycles. The summed E-state index contributed by atoms with van der Waals surface area (Å²) in [5, 5.41) is 3.83. The van der Waals surface area contributed by atoms with Crippen molar-refractivity contribution >= 4 is 29.9 Å². The molecule has 4 atom stereocenters. The number of rotatable bonds is 2. The van der Waals surface area contributed by atoms with Crippen LogP contribution in [0.2, 0.25) is 0 Å². The van der Waals surface area contributed by atoms with Crippen LogP contribution in [0.3, 0.4) is 0 Å². The normalized spacial score (nSPS) is 36.5. The molecule has 0 aromatic heterocycles. The molecule has 3 rings (SSSR count). The Morgan fingerprint density at radius 1 is 1.30 bits per heavy atom. The highest BCUT2D eigenvalue weighted by molar-refractivity contribution is 14.0. The van der Waals surface area contributed by atoms with E-state index < -0.39 is 0 Å². The van der Waals surface area contributed by atoms with Gasteiger partial charge in [-0.15, -0.1) is 24.0 Å². The van der Waals surface area contributed by atoms with E-state index in [1.54, 1.807) is 0 Å². The standard InChI is InChI=1S/C18H33N3O.HI/c1-5-19-17(21-10-6-8-13(2)12-21)20-15-14-9-7-11-22-16(14)18(15,3)4;/h13-16H,5-12H2,1-4H3,(H,19,20);1H. The Morgan fingerprint density at radius 2 is 2.09 bits per heavy atom. The summed E-state index contributed by atoms with van der Waals surface area (Å²) in [6, 6.07) is 0.500. The van der Waals surface area contributed by atoms with Crippen molar-refractivity contribution in [3.8, 4) is 0 Å². The Kier molecular flexibility index (Phi) is 6.62. The van der Waals surface area contributed by atoms with Crippen LogP contribution in [0.15, 0.2) is 4.99 Å². The summed E-state index contributed by atoms with van der Waals surface area (Å²) in [6.45, 7) is 13.3. The summed E-state index contributed by atoms with van der Waals surface area (Å²) < 4.78 is 6.03. The van der Waals surface area contributed by atoms with Crippen LogP contribution in [-0.2, 0) is 4.74 Å². The molecule has 3 fully saturated rings. The molecule has 4 nitrogen and oxygen atoms in total. The molecule has 2 saturated heterocycles. The summed E-state index contributed by atoms with van der Waals surface area (Å²) in [5.41, 5.74) is 0.209. The largest absolute Gasteiger partial charge is 0.377 e. The van der Waals surface area contributed by atoms with Gasteiger partial charge in [-0.3, -0.25) is 4.99 Å². The van der Waals surface area contributed by atoms with Crippen molar-refractivity contribution in [2.24, 2.45) is 22.2 Å². The molecule has 0 radical (unpaired) electrons. The average molecular weight is 435 g/mol. The minimum atomic E-state index is 0. The van der Waals surface area contributed by atoms with Gasteiger partial charge in [0.25, 0.3) is 0 Å². The first kappa shape index (κ1) is 19.3. The van der Waals surface area contributed by atoms with Gasteiger partial charge in [0.2, 0.25) is 0 Å². The number of nitrogens with one attached hydrogen (secondary N) is 1. The summed E-state index contributed by atoms with van der Waals surface area (Å²) in [5.74, 6) is 2.57. The van der Waals surface area contributed by atoms with Crippen LogP contribution < -0.4 is 5.32 Å². The summed E-state index contributed by atoms with van der Waals surface area (Å²) in [6.07, 6.45) is 5.57. The summed E-state index contributed by atoms with van der Waals surface area (Å²) in [7, 11) is 0. The molecular weight excluding hydrogens is 401 g/mol. The van der Waals surface area contributed by atoms with Crippen molar-refractivity contribution in [3.63, 3.8) is 0 Å². The van der Waals surface area contributed by atoms with Crippen LogP contribution in [0.25, 0.3) is 0 Å². The predicted octanol–water partition coefficient (Wildman–Crippen LogP) is 3.51. The Balaban J connectivity index is 0.00000192. The number of ether oxygens (including phenoxy) is 1. The van der Waals surface area contributed by atoms with Crippen LogP contribution in [-0.4, -0.2) is 49.2 Å². The number of likely N-dealkylation sites (tertiary alicyclic amines) is 1. The van der Waals surface area contributed by atoms with Crippen LogP contribution in [0.1, 0.15) is 53.4 Å². The van der Waals surface area contributed by atoms with E-state index in [0.717, 1.165) is 38.1 Å². The molecule has 2 aliphatic heterocycles. The maximum atomic E-state index is 6.03. The number of piperidine rings is 1. The fraction of sp³-hybridized carbons (Fsp3) is 0.944. The minimum Gasteiger partial charge on any atom is -0.377 e. The number of halogens is 1. The number of hydrogen-bond acceptors (Lipinski definition) is 2. The Bertz CT molecular complexity index is 426. The second-order valence-corrected chi connectivity index (χ2v) is 8.03. The van der Waals surface area contributed by atoms with Gasteiger partial charge in [-0.25, -0.2) is 0 Å². The molecule has 5 heteroatoms. The van der Waals surface area contributed by atoms with Crippen molar-refractivity contribution in [2.45, 2.75) is 65.5 Å². The second-order valence-electron chi connectivity index (χ2n) is 8.03. The molecule has 1 aliphatic carbocycles. The first-order valence-corrected chi connectivity index (χ1v) is 9.21. The van der Waals surface area contributed by atoms with E-state index in [2.05, 4.69) is 37.9 Å². The molecule has 2 heterocycles. The summed E-state index contributed by atoms with van der Waals surface area (Å²) in [4.78, 5) is 7.27. The van der Waals surface area contributed by atoms with Crippen LogP contribution in [0, 0.1) is 17.3 Å². The van der Waals surface area contributed by atoms with Crippen LogP contribution in [0.4, 0.5) is 0 Å². The lowest BCUT2D eigenvalue weighted by molar-refractivity contribution is -0.188. The molecule has 3 aliphatic rings. The smallest absolute Gasteiger partial charge is 0.194 e. The highest BCUT2D eigenvalue weighted by atomic mass is 127. The third-order valence-electron chi connectivity index (χ3n) is 5.88. The van der Waals surface area contributed by atoms with Gasteiger partial charge in [0.15, 0.2) is 5.96 Å². The van der Waals surface area contributed by atoms with Crippen molar-refractivity contribution in [1.82, 2.24) is 10.2 Å². The zero-order chi connectivity index (χ0) is 15.7. The Morgan fingerprint density at radius 3 is 2.78 bits per heavy atom. The third kappa shape index (κ3) is 3.80. The fourth-order valence-corrected chi connectivity index (χ4v) is 4.72. The average Bonchev–Trinajstić information content (AvgIpc) is 2.51. The second kappa shape index (κ2) is 7.89. The maximum absolute atomic E-state index is 6.03. The van der Waals surface area contributed by atoms with Gasteiger partial charge in [0.1, 0.15) is 0 Å². The first-order chi connectivity index (χ1) is 10.5. The lowest BCUT2D eigenvalue weighted by atomic mass is 9.55. The van der Waals surface area contributed by atoms with Crippen LogP contribution >= 0.6 is 24.0 Å². The highest BCUT2D eigenvalue weighted by Gasteiger charge is 2.58. The van der Waals surface area contributed by atoms with E-state index in [9.17, 15) is 0 Å². The number of guanidine groups is 1. The first-order valence-electron chi connectivity index (χ1n) is 9.21. The Hall–Kier alpha value is -0.0400. The third-order valence-corrected chi connectivity index (χ3v) is 5.88. The minimum absolute atomic E-state index is 0. The molecule has 0 spiro atoms. The van der Waals surface area contributed by atoms with E-state index in [0.29, 0.717) is 18.1 Å². The molecule has 1 N–H and O–H groups in total. The van der Waals surface area contributed by atoms with Gasteiger partial charge in [-0.2, -0.15) is 0 Å². The SMILES string of the molecule is CCN=C(NC1C2CCCOC2C1(C)C)N1CCCC(C)C1.I. The van der Waals surface area contributed by atoms with E-state index >= 15 is 0 Å². The molecule has 0 bridgehead atoms. The molecule has 4 unspecified atom stereocenters. The van der Waals surface area contributed by atoms with Gasteiger partial charge in [0, 0.05) is 43.6 Å². The molecule has 0 aromatic rings. The topological polar surface area (TPSA) is 36.9 Å². The van der Waals surface area contributed by atoms with E-state index in [-0.39, 0.29) is 29.4 Å². The number of aliphatic imine (C=N–C) groups is 1. The van der Waals surface area contributed by atoms with Gasteiger partial charge < -0.3 is 15.0 Å². The zero-order valence-electron chi connectivity index (χ0n) is 15.2. The molecular formula is C18H34IN3O. The van der Waals surface area contributed by atoms with E-state index in [4.69, 9.17) is 9.73 Å². The van der Waals surface area contributed by atoms with Crippen molar-refractivity contribution in [1.29, 1.82) is 0 Å². The lowest BCUT2D eigenvalue weighted by Gasteiger charge is -2.60. The number of fused-ring (bicyclic) bond motifs is 1. The lowest BCUT2D eigenvalue weighted by Crippen LogP contribution is -2.71. The number of hydrogen-bond donors (Lipinski definition) is 1. The summed E-state index contributed by atoms with van der Waals surface area (Å²) >= 11 is 0. The molecule has 134 valence electrons. The fourth-order valence-electron chi connectivity index (χ4n) is 4.72. The van der Waals surface area contributed by atoms with Crippen molar-refractivity contribution in [3.05, 3.63) is 0 Å². The van der Waals surface area contributed by atoms with Crippen LogP contribution in [0.5, 0.6) is 0 Å². The number of nitrogens with zero attached hydrogens (tertiary/aromatic N) is 2. The monoisotopic (exact) mass is 435 g/mol. The van der Waals surface area contributed by atoms with Gasteiger partial charge in [-0.1, -0.05) is 20.8 Å². The molecule has 0 amide bonds. The van der Waals surface area contributed by atoms with Crippen molar-refractivity contribution in [2.75, 3.05) is 26.2 Å². The Labute approximate surface area is 158 Å². The van der Waals surface area contributed by atoms with Gasteiger partial charge in [0.05, 0.1) is 6.10 Å². The highest BCUT2D eigenvalue weighted by Crippen LogP contribution is 2.51. The zero-order valence-corrected chi connectivity index (χ0v) is 17.5.